The molecule has 1 N–H and O–H groups in total. The summed E-state index contributed by atoms with van der Waals surface area (Å²) in [7, 11) is 0. The van der Waals surface area contributed by atoms with Crippen LogP contribution in [0.5, 0.6) is 5.75 Å². The van der Waals surface area contributed by atoms with Crippen molar-refractivity contribution >= 4 is 28.4 Å². The van der Waals surface area contributed by atoms with Gasteiger partial charge in [-0.1, -0.05) is 35.0 Å². The van der Waals surface area contributed by atoms with Crippen LogP contribution in [0.25, 0.3) is 22.3 Å². The zero-order valence-corrected chi connectivity index (χ0v) is 22.3. The minimum atomic E-state index is -0.352. The van der Waals surface area contributed by atoms with Crippen LogP contribution in [-0.2, 0) is 13.2 Å². The quantitative estimate of drug-likeness (QED) is 0.268. The predicted molar refractivity (Wildman–Crippen MR) is 144 cm³/mol. The number of para-hydroxylation sites is 1. The average Bonchev–Trinajstić information content (AvgIpc) is 3.60. The first kappa shape index (κ1) is 25.4. The summed E-state index contributed by atoms with van der Waals surface area (Å²) in [6.07, 6.45) is 2.92. The van der Waals surface area contributed by atoms with Crippen LogP contribution < -0.4 is 10.1 Å². The summed E-state index contributed by atoms with van der Waals surface area (Å²) in [5.74, 6) is 1.06. The number of carbonyl (C=O) groups excluding carboxylic acids is 1. The number of fused-ring (bicyclic) bond motifs is 1. The molecule has 38 heavy (non-hydrogen) atoms. The smallest absolute Gasteiger partial charge is 0.273 e. The first-order valence-electron chi connectivity index (χ1n) is 12.3. The van der Waals surface area contributed by atoms with E-state index in [2.05, 4.69) is 20.6 Å². The number of hydrogen-bond donors (Lipinski definition) is 1. The third-order valence-corrected chi connectivity index (χ3v) is 6.65. The minimum Gasteiger partial charge on any atom is -0.487 e. The monoisotopic (exact) mass is 530 g/mol. The fraction of sp³-hybridized carbons (Fsp3) is 0.250. The van der Waals surface area contributed by atoms with Crippen LogP contribution in [0, 0.1) is 13.8 Å². The molecule has 1 amide bonds. The third kappa shape index (κ3) is 4.97. The lowest BCUT2D eigenvalue weighted by molar-refractivity contribution is 0.0930. The maximum absolute atomic E-state index is 12.6. The molecule has 0 saturated carbocycles. The standard InChI is InChI=1S/C28H27ClN6O3/c1-5-35-27(30-15-31-35)21-13-17(3)32-26-19(21)7-6-8-25(26)37-14-22-20(11-16(2)12-23(22)29)18(4)33-28(36)24-9-10-38-34-24/h6-13,15,18H,5,14H2,1-4H3,(H,33,36)/t18-/m0/s1. The Morgan fingerprint density at radius 3 is 2.82 bits per heavy atom. The maximum atomic E-state index is 12.6. The number of aryl methyl sites for hydroxylation is 3. The lowest BCUT2D eigenvalue weighted by atomic mass is 9.99. The molecular formula is C28H27ClN6O3. The number of nitrogens with one attached hydrogen (secondary N) is 1. The number of amides is 1. The summed E-state index contributed by atoms with van der Waals surface area (Å²) in [5.41, 5.74) is 5.32. The van der Waals surface area contributed by atoms with Crippen LogP contribution in [0.1, 0.15) is 52.8 Å². The molecule has 1 atom stereocenters. The van der Waals surface area contributed by atoms with Crippen LogP contribution in [0.2, 0.25) is 5.02 Å². The fourth-order valence-electron chi connectivity index (χ4n) is 4.52. The summed E-state index contributed by atoms with van der Waals surface area (Å²) in [6, 6.07) is 12.9. The number of carbonyl (C=O) groups is 1. The highest BCUT2D eigenvalue weighted by Gasteiger charge is 2.20. The van der Waals surface area contributed by atoms with E-state index in [1.54, 1.807) is 6.33 Å². The molecule has 3 aromatic heterocycles. The van der Waals surface area contributed by atoms with Crippen LogP contribution >= 0.6 is 11.6 Å². The molecule has 0 bridgehead atoms. The van der Waals surface area contributed by atoms with Crippen molar-refractivity contribution in [2.45, 2.75) is 46.9 Å². The second-order valence-corrected chi connectivity index (χ2v) is 9.45. The number of halogens is 1. The molecule has 2 aromatic carbocycles. The van der Waals surface area contributed by atoms with Gasteiger partial charge in [0.15, 0.2) is 11.5 Å². The lowest BCUT2D eigenvalue weighted by Gasteiger charge is -2.20. The molecule has 0 fully saturated rings. The summed E-state index contributed by atoms with van der Waals surface area (Å²) in [6.45, 7) is 8.72. The third-order valence-electron chi connectivity index (χ3n) is 6.32. The number of pyridine rings is 1. The van der Waals surface area contributed by atoms with E-state index >= 15 is 0 Å². The van der Waals surface area contributed by atoms with E-state index in [4.69, 9.17) is 25.8 Å². The van der Waals surface area contributed by atoms with Gasteiger partial charge in [-0.25, -0.2) is 14.6 Å². The Kier molecular flexibility index (Phi) is 7.11. The average molecular weight is 531 g/mol. The molecule has 5 aromatic rings. The maximum Gasteiger partial charge on any atom is 0.273 e. The van der Waals surface area contributed by atoms with Gasteiger partial charge in [0, 0.05) is 39.8 Å². The van der Waals surface area contributed by atoms with Crippen molar-refractivity contribution in [3.63, 3.8) is 0 Å². The van der Waals surface area contributed by atoms with Crippen molar-refractivity contribution < 1.29 is 14.1 Å². The Morgan fingerprint density at radius 1 is 1.21 bits per heavy atom. The second kappa shape index (κ2) is 10.6. The molecule has 0 unspecified atom stereocenters. The van der Waals surface area contributed by atoms with E-state index in [-0.39, 0.29) is 24.2 Å². The number of hydrogen-bond acceptors (Lipinski definition) is 7. The normalized spacial score (nSPS) is 12.0. The first-order valence-corrected chi connectivity index (χ1v) is 12.6. The van der Waals surface area contributed by atoms with Gasteiger partial charge in [0.05, 0.1) is 6.04 Å². The van der Waals surface area contributed by atoms with Gasteiger partial charge in [-0.15, -0.1) is 0 Å². The van der Waals surface area contributed by atoms with Crippen molar-refractivity contribution in [2.24, 2.45) is 0 Å². The zero-order chi connectivity index (χ0) is 26.8. The molecule has 10 heteroatoms. The summed E-state index contributed by atoms with van der Waals surface area (Å²) in [4.78, 5) is 21.9. The number of ether oxygens (including phenoxy) is 1. The number of benzene rings is 2. The second-order valence-electron chi connectivity index (χ2n) is 9.05. The molecule has 9 nitrogen and oxygen atoms in total. The topological polar surface area (TPSA) is 108 Å². The molecule has 3 heterocycles. The largest absolute Gasteiger partial charge is 0.487 e. The SMILES string of the molecule is CCn1ncnc1-c1cc(C)nc2c(OCc3c(Cl)cc(C)cc3[C@H](C)NC(=O)c3ccon3)cccc12. The molecule has 5 rings (SSSR count). The fourth-order valence-corrected chi connectivity index (χ4v) is 4.86. The summed E-state index contributed by atoms with van der Waals surface area (Å²) < 4.78 is 13.0. The van der Waals surface area contributed by atoms with E-state index in [9.17, 15) is 4.79 Å². The van der Waals surface area contributed by atoms with E-state index in [0.717, 1.165) is 44.7 Å². The highest BCUT2D eigenvalue weighted by molar-refractivity contribution is 6.31. The van der Waals surface area contributed by atoms with Crippen molar-refractivity contribution in [2.75, 3.05) is 0 Å². The molecule has 194 valence electrons. The first-order chi connectivity index (χ1) is 18.4. The Labute approximate surface area is 224 Å². The molecule has 0 radical (unpaired) electrons. The minimum absolute atomic E-state index is 0.188. The van der Waals surface area contributed by atoms with Crippen molar-refractivity contribution in [3.8, 4) is 17.1 Å². The van der Waals surface area contributed by atoms with Gasteiger partial charge < -0.3 is 14.6 Å². The van der Waals surface area contributed by atoms with Gasteiger partial charge in [0.2, 0.25) is 0 Å². The van der Waals surface area contributed by atoms with E-state index in [0.29, 0.717) is 17.3 Å². The van der Waals surface area contributed by atoms with Gasteiger partial charge in [0.1, 0.15) is 30.5 Å². The number of aromatic nitrogens is 5. The van der Waals surface area contributed by atoms with Crippen LogP contribution in [0.3, 0.4) is 0 Å². The summed E-state index contributed by atoms with van der Waals surface area (Å²) in [5, 5.41) is 12.5. The van der Waals surface area contributed by atoms with Crippen LogP contribution in [0.4, 0.5) is 0 Å². The molecule has 0 spiro atoms. The highest BCUT2D eigenvalue weighted by Crippen LogP contribution is 2.34. The molecule has 0 aliphatic rings. The van der Waals surface area contributed by atoms with Crippen molar-refractivity contribution in [1.82, 2.24) is 30.2 Å². The lowest BCUT2D eigenvalue weighted by Crippen LogP contribution is -2.28. The van der Waals surface area contributed by atoms with Crippen LogP contribution in [0.15, 0.2) is 59.6 Å². The highest BCUT2D eigenvalue weighted by atomic mass is 35.5. The molecular weight excluding hydrogens is 504 g/mol. The van der Waals surface area contributed by atoms with E-state index in [1.165, 1.54) is 12.3 Å². The predicted octanol–water partition coefficient (Wildman–Crippen LogP) is 5.84. The van der Waals surface area contributed by atoms with Crippen molar-refractivity contribution in [1.29, 1.82) is 0 Å². The zero-order valence-electron chi connectivity index (χ0n) is 21.5. The van der Waals surface area contributed by atoms with Gasteiger partial charge in [-0.2, -0.15) is 5.10 Å². The Hall–Kier alpha value is -4.24. The van der Waals surface area contributed by atoms with E-state index < -0.39 is 0 Å². The van der Waals surface area contributed by atoms with Gasteiger partial charge in [0.25, 0.3) is 5.91 Å². The van der Waals surface area contributed by atoms with E-state index in [1.807, 2.05) is 68.8 Å². The van der Waals surface area contributed by atoms with Gasteiger partial charge in [-0.3, -0.25) is 4.79 Å². The molecule has 0 aliphatic carbocycles. The van der Waals surface area contributed by atoms with Gasteiger partial charge in [-0.05, 0) is 57.0 Å². The van der Waals surface area contributed by atoms with Crippen LogP contribution in [-0.4, -0.2) is 30.8 Å². The Bertz CT molecular complexity index is 1610. The summed E-state index contributed by atoms with van der Waals surface area (Å²) >= 11 is 6.70. The number of rotatable bonds is 8. The molecule has 0 saturated heterocycles. The van der Waals surface area contributed by atoms with Gasteiger partial charge >= 0.3 is 0 Å². The Morgan fingerprint density at radius 2 is 2.05 bits per heavy atom. The number of nitrogens with zero attached hydrogens (tertiary/aromatic N) is 5. The molecule has 0 aliphatic heterocycles. The van der Waals surface area contributed by atoms with Crippen molar-refractivity contribution in [3.05, 3.63) is 88.2 Å². The Balaban J connectivity index is 1.48.